The molecule has 5 atom stereocenters. The minimum Gasteiger partial charge on any atom is -0.459 e. The summed E-state index contributed by atoms with van der Waals surface area (Å²) >= 11 is 0. The lowest BCUT2D eigenvalue weighted by atomic mass is 10.00. The van der Waals surface area contributed by atoms with Crippen LogP contribution in [-0.2, 0) is 47.7 Å². The highest BCUT2D eigenvalue weighted by molar-refractivity contribution is 5.72. The Morgan fingerprint density at radius 1 is 0.465 bits per heavy atom. The Morgan fingerprint density at radius 3 is 1.30 bits per heavy atom. The van der Waals surface area contributed by atoms with Crippen molar-refractivity contribution in [1.29, 1.82) is 0 Å². The molecule has 0 bridgehead atoms. The van der Waals surface area contributed by atoms with Gasteiger partial charge in [0.15, 0.2) is 24.4 Å². The average molecular weight is 1000 g/mol. The van der Waals surface area contributed by atoms with Gasteiger partial charge in [-0.3, -0.25) is 24.0 Å². The van der Waals surface area contributed by atoms with Gasteiger partial charge in [-0.1, -0.05) is 189 Å². The van der Waals surface area contributed by atoms with Gasteiger partial charge in [0.1, 0.15) is 24.2 Å². The molecule has 2 aromatic heterocycles. The van der Waals surface area contributed by atoms with Crippen LogP contribution in [0.25, 0.3) is 0 Å². The Labute approximate surface area is 428 Å². The summed E-state index contributed by atoms with van der Waals surface area (Å²) in [5, 5.41) is 0. The number of carbonyl (C=O) groups is 5. The van der Waals surface area contributed by atoms with Crippen molar-refractivity contribution in [3.8, 4) is 0 Å². The zero-order chi connectivity index (χ0) is 51.7. The van der Waals surface area contributed by atoms with Crippen molar-refractivity contribution in [2.75, 3.05) is 0 Å². The van der Waals surface area contributed by atoms with Crippen LogP contribution in [0.2, 0.25) is 0 Å². The van der Waals surface area contributed by atoms with E-state index in [4.69, 9.17) is 37.5 Å². The normalized spacial score (nSPS) is 13.5. The first-order valence-corrected chi connectivity index (χ1v) is 28.4. The van der Waals surface area contributed by atoms with Crippen molar-refractivity contribution >= 4 is 29.8 Å². The number of oxazole rings is 2. The van der Waals surface area contributed by atoms with Crippen molar-refractivity contribution in [2.45, 2.75) is 297 Å². The maximum Gasteiger partial charge on any atom is 0.307 e. The SMILES string of the molecule is CCCCCCCCCCCCCCCCCCCC(=O)OC(c1cnco1)c1nc(C(CC(OC(=O)CCCCC)C(OC(=O)CCCCC)C(C)OC(=O)CCCCC)OC(=O)CCCCC)co1. The van der Waals surface area contributed by atoms with Crippen LogP contribution in [-0.4, -0.2) is 58.1 Å². The fraction of sp³-hybridized carbons (Fsp3) is 0.807. The largest absolute Gasteiger partial charge is 0.459 e. The van der Waals surface area contributed by atoms with Crippen LogP contribution < -0.4 is 0 Å². The predicted molar refractivity (Wildman–Crippen MR) is 275 cm³/mol. The number of hydrogen-bond donors (Lipinski definition) is 0. The Bertz CT molecular complexity index is 1660. The van der Waals surface area contributed by atoms with Gasteiger partial charge in [0.25, 0.3) is 0 Å². The molecular formula is C57H96N2O12. The molecule has 0 aromatic carbocycles. The number of unbranched alkanes of at least 4 members (excludes halogenated alkanes) is 24. The topological polar surface area (TPSA) is 184 Å². The van der Waals surface area contributed by atoms with Crippen molar-refractivity contribution in [1.82, 2.24) is 9.97 Å². The third-order valence-corrected chi connectivity index (χ3v) is 12.9. The molecule has 14 heteroatoms. The molecule has 14 nitrogen and oxygen atoms in total. The minimum atomic E-state index is -1.25. The van der Waals surface area contributed by atoms with E-state index in [-0.39, 0.29) is 55.9 Å². The zero-order valence-electron chi connectivity index (χ0n) is 45.2. The smallest absolute Gasteiger partial charge is 0.307 e. The fourth-order valence-corrected chi connectivity index (χ4v) is 8.57. The predicted octanol–water partition coefficient (Wildman–Crippen LogP) is 15.4. The molecule has 0 aliphatic carbocycles. The fourth-order valence-electron chi connectivity index (χ4n) is 8.57. The lowest BCUT2D eigenvalue weighted by Gasteiger charge is -2.32. The van der Waals surface area contributed by atoms with Crippen molar-refractivity contribution in [2.24, 2.45) is 0 Å². The van der Waals surface area contributed by atoms with Crippen LogP contribution in [0.1, 0.15) is 296 Å². The van der Waals surface area contributed by atoms with Crippen LogP contribution in [0.4, 0.5) is 0 Å². The number of carbonyl (C=O) groups excluding carboxylic acids is 5. The Morgan fingerprint density at radius 2 is 0.845 bits per heavy atom. The molecule has 0 radical (unpaired) electrons. The Kier molecular flexibility index (Phi) is 36.6. The Hall–Kier alpha value is -4.23. The molecule has 0 saturated heterocycles. The molecule has 0 aliphatic rings. The summed E-state index contributed by atoms with van der Waals surface area (Å²) in [6.07, 6.45) is 28.8. The highest BCUT2D eigenvalue weighted by Gasteiger charge is 2.40. The summed E-state index contributed by atoms with van der Waals surface area (Å²) in [5.41, 5.74) is 0.141. The number of aromatic nitrogens is 2. The highest BCUT2D eigenvalue weighted by Crippen LogP contribution is 2.33. The molecule has 2 aromatic rings. The lowest BCUT2D eigenvalue weighted by molar-refractivity contribution is -0.188. The Balaban J connectivity index is 2.25. The van der Waals surface area contributed by atoms with Gasteiger partial charge in [0, 0.05) is 38.5 Å². The maximum atomic E-state index is 13.5. The van der Waals surface area contributed by atoms with Gasteiger partial charge >= 0.3 is 29.8 Å². The van der Waals surface area contributed by atoms with E-state index in [1.807, 2.05) is 27.7 Å². The summed E-state index contributed by atoms with van der Waals surface area (Å²) in [5.74, 6) is -2.37. The number of ether oxygens (including phenoxy) is 5. The van der Waals surface area contributed by atoms with Crippen LogP contribution in [0.5, 0.6) is 0 Å². The van der Waals surface area contributed by atoms with Crippen LogP contribution in [0.15, 0.2) is 27.7 Å². The first-order chi connectivity index (χ1) is 34.6. The standard InChI is InChI=1S/C57H96N2O12/c1-7-12-17-18-19-20-21-22-23-24-25-26-27-28-29-30-35-40-54(64)71-56(49-42-58-44-66-49)57-59-46(43-65-57)47(68-51(61)37-32-14-9-3)41-48(69-52(62)38-33-15-10-4)55(70-53(63)39-34-16-11-5)45(6)67-50(60)36-31-13-8-2/h42-45,47-48,55-56H,7-41H2,1-6H3. The van der Waals surface area contributed by atoms with Gasteiger partial charge < -0.3 is 32.5 Å². The molecule has 0 N–H and O–H groups in total. The van der Waals surface area contributed by atoms with E-state index in [0.717, 1.165) is 70.6 Å². The first-order valence-electron chi connectivity index (χ1n) is 28.4. The highest BCUT2D eigenvalue weighted by atomic mass is 16.6. The number of esters is 5. The summed E-state index contributed by atoms with van der Waals surface area (Å²) in [6.45, 7) is 12.0. The van der Waals surface area contributed by atoms with Gasteiger partial charge in [0.05, 0.1) is 6.20 Å². The molecule has 0 spiro atoms. The van der Waals surface area contributed by atoms with Gasteiger partial charge in [-0.2, -0.15) is 0 Å². The van der Waals surface area contributed by atoms with Crippen LogP contribution in [0.3, 0.4) is 0 Å². The van der Waals surface area contributed by atoms with Gasteiger partial charge in [-0.15, -0.1) is 0 Å². The minimum absolute atomic E-state index is 0.0408. The van der Waals surface area contributed by atoms with Crippen LogP contribution >= 0.6 is 0 Å². The average Bonchev–Trinajstić information content (AvgIpc) is 4.08. The molecule has 0 fully saturated rings. The molecule has 5 unspecified atom stereocenters. The third kappa shape index (κ3) is 29.8. The van der Waals surface area contributed by atoms with E-state index in [1.165, 1.54) is 102 Å². The molecule has 0 amide bonds. The number of rotatable bonds is 46. The summed E-state index contributed by atoms with van der Waals surface area (Å²) in [7, 11) is 0. The lowest BCUT2D eigenvalue weighted by Crippen LogP contribution is -2.45. The van der Waals surface area contributed by atoms with Gasteiger partial charge in [-0.05, 0) is 39.0 Å². The van der Waals surface area contributed by atoms with E-state index < -0.39 is 60.4 Å². The molecule has 0 saturated carbocycles. The van der Waals surface area contributed by atoms with E-state index in [2.05, 4.69) is 11.9 Å². The molecule has 71 heavy (non-hydrogen) atoms. The molecule has 2 rings (SSSR count). The molecule has 406 valence electrons. The van der Waals surface area contributed by atoms with E-state index in [0.29, 0.717) is 32.1 Å². The van der Waals surface area contributed by atoms with Crippen LogP contribution in [0, 0.1) is 0 Å². The van der Waals surface area contributed by atoms with Crippen molar-refractivity contribution in [3.63, 3.8) is 0 Å². The second kappa shape index (κ2) is 41.3. The zero-order valence-corrected chi connectivity index (χ0v) is 45.2. The second-order valence-electron chi connectivity index (χ2n) is 19.5. The second-order valence-corrected chi connectivity index (χ2v) is 19.5. The van der Waals surface area contributed by atoms with E-state index >= 15 is 0 Å². The van der Waals surface area contributed by atoms with Gasteiger partial charge in [-0.25, -0.2) is 9.97 Å². The third-order valence-electron chi connectivity index (χ3n) is 12.9. The quantitative estimate of drug-likeness (QED) is 0.0347. The van der Waals surface area contributed by atoms with Crippen molar-refractivity contribution in [3.05, 3.63) is 36.2 Å². The van der Waals surface area contributed by atoms with Gasteiger partial charge in [0.2, 0.25) is 12.0 Å². The summed E-state index contributed by atoms with van der Waals surface area (Å²) in [4.78, 5) is 75.7. The summed E-state index contributed by atoms with van der Waals surface area (Å²) in [6, 6.07) is 0. The molecule has 2 heterocycles. The number of nitrogens with zero attached hydrogens (tertiary/aromatic N) is 2. The van der Waals surface area contributed by atoms with E-state index in [9.17, 15) is 24.0 Å². The molecular weight excluding hydrogens is 905 g/mol. The molecule has 0 aliphatic heterocycles. The van der Waals surface area contributed by atoms with Crippen molar-refractivity contribution < 1.29 is 56.5 Å². The maximum absolute atomic E-state index is 13.5. The first kappa shape index (κ1) is 62.9. The number of hydrogen-bond acceptors (Lipinski definition) is 14. The van der Waals surface area contributed by atoms with E-state index in [1.54, 1.807) is 6.92 Å². The monoisotopic (exact) mass is 1000 g/mol. The summed E-state index contributed by atoms with van der Waals surface area (Å²) < 4.78 is 41.7.